The lowest BCUT2D eigenvalue weighted by Gasteiger charge is -2.18. The Kier molecular flexibility index (Phi) is 65.1. The lowest BCUT2D eigenvalue weighted by Crippen LogP contribution is -2.30. The van der Waals surface area contributed by atoms with Gasteiger partial charge in [0.05, 0.1) is 0 Å². The van der Waals surface area contributed by atoms with E-state index in [1.807, 2.05) is 0 Å². The van der Waals surface area contributed by atoms with Gasteiger partial charge in [-0.1, -0.05) is 327 Å². The molecule has 0 fully saturated rings. The molecule has 0 amide bonds. The Morgan fingerprint density at radius 1 is 0.256 bits per heavy atom. The number of unbranched alkanes of at least 4 members (excludes halogenated alkanes) is 48. The highest BCUT2D eigenvalue weighted by Crippen LogP contribution is 2.18. The Balaban J connectivity index is 4.33. The van der Waals surface area contributed by atoms with Crippen LogP contribution < -0.4 is 0 Å². The molecule has 0 aromatic heterocycles. The fraction of sp³-hybridized carbons (Fsp3) is 0.875. The average Bonchev–Trinajstić information content (AvgIpc) is 3.44. The van der Waals surface area contributed by atoms with Crippen molar-refractivity contribution in [1.29, 1.82) is 0 Å². The van der Waals surface area contributed by atoms with Crippen LogP contribution in [0.1, 0.15) is 387 Å². The van der Waals surface area contributed by atoms with Crippen LogP contribution in [0, 0.1) is 0 Å². The van der Waals surface area contributed by atoms with E-state index in [-0.39, 0.29) is 31.1 Å². The number of hydrogen-bond acceptors (Lipinski definition) is 6. The van der Waals surface area contributed by atoms with Gasteiger partial charge in [-0.05, 0) is 77.0 Å². The van der Waals surface area contributed by atoms with Gasteiger partial charge >= 0.3 is 17.9 Å². The van der Waals surface area contributed by atoms with Gasteiger partial charge in [-0.3, -0.25) is 14.4 Å². The van der Waals surface area contributed by atoms with Crippen molar-refractivity contribution in [2.45, 2.75) is 393 Å². The van der Waals surface area contributed by atoms with Crippen LogP contribution >= 0.6 is 0 Å². The Bertz CT molecular complexity index is 1300. The highest BCUT2D eigenvalue weighted by atomic mass is 16.6. The summed E-state index contributed by atoms with van der Waals surface area (Å²) >= 11 is 0. The minimum Gasteiger partial charge on any atom is -0.462 e. The average molecular weight is 1100 g/mol. The predicted octanol–water partition coefficient (Wildman–Crippen LogP) is 23.9. The van der Waals surface area contributed by atoms with Gasteiger partial charge in [0.25, 0.3) is 0 Å². The van der Waals surface area contributed by atoms with Gasteiger partial charge in [-0.25, -0.2) is 0 Å². The van der Waals surface area contributed by atoms with Crippen LogP contribution in [0.3, 0.4) is 0 Å². The molecule has 0 N–H and O–H groups in total. The second kappa shape index (κ2) is 67.1. The molecule has 1 atom stereocenters. The van der Waals surface area contributed by atoms with E-state index in [1.165, 1.54) is 283 Å². The quantitative estimate of drug-likeness (QED) is 0.0261. The van der Waals surface area contributed by atoms with Crippen LogP contribution in [0.5, 0.6) is 0 Å². The number of hydrogen-bond donors (Lipinski definition) is 0. The molecule has 0 heterocycles. The predicted molar refractivity (Wildman–Crippen MR) is 339 cm³/mol. The Hall–Kier alpha value is -2.37. The maximum absolute atomic E-state index is 13.0. The summed E-state index contributed by atoms with van der Waals surface area (Å²) in [5.41, 5.74) is 0. The van der Waals surface area contributed by atoms with Crippen molar-refractivity contribution < 1.29 is 28.6 Å². The molecule has 0 saturated carbocycles. The first kappa shape index (κ1) is 75.6. The van der Waals surface area contributed by atoms with E-state index in [0.717, 1.165) is 64.2 Å². The minimum absolute atomic E-state index is 0.0711. The Morgan fingerprint density at radius 2 is 0.462 bits per heavy atom. The van der Waals surface area contributed by atoms with Gasteiger partial charge in [0, 0.05) is 19.3 Å². The second-order valence-corrected chi connectivity index (χ2v) is 23.8. The molecule has 0 aromatic rings. The first-order valence-electron chi connectivity index (χ1n) is 35.0. The number of carbonyl (C=O) groups is 3. The zero-order valence-corrected chi connectivity index (χ0v) is 52.7. The van der Waals surface area contributed by atoms with Crippen LogP contribution in [0.15, 0.2) is 36.5 Å². The van der Waals surface area contributed by atoms with Crippen molar-refractivity contribution >= 4 is 17.9 Å². The van der Waals surface area contributed by atoms with Crippen LogP contribution in [0.2, 0.25) is 0 Å². The van der Waals surface area contributed by atoms with Gasteiger partial charge in [-0.2, -0.15) is 0 Å². The van der Waals surface area contributed by atoms with E-state index >= 15 is 0 Å². The molecule has 6 nitrogen and oxygen atoms in total. The lowest BCUT2D eigenvalue weighted by atomic mass is 10.0. The van der Waals surface area contributed by atoms with Crippen molar-refractivity contribution in [2.75, 3.05) is 13.2 Å². The molecule has 458 valence electrons. The van der Waals surface area contributed by atoms with E-state index in [2.05, 4.69) is 57.2 Å². The molecule has 0 radical (unpaired) electrons. The molecule has 0 saturated heterocycles. The summed E-state index contributed by atoms with van der Waals surface area (Å²) in [5, 5.41) is 0. The molecule has 0 aromatic carbocycles. The van der Waals surface area contributed by atoms with Gasteiger partial charge in [0.15, 0.2) is 6.10 Å². The molecular weight excluding hydrogens is 961 g/mol. The summed E-state index contributed by atoms with van der Waals surface area (Å²) in [6.45, 7) is 6.70. The summed E-state index contributed by atoms with van der Waals surface area (Å²) in [5.74, 6) is -0.849. The van der Waals surface area contributed by atoms with Gasteiger partial charge in [-0.15, -0.1) is 0 Å². The zero-order chi connectivity index (χ0) is 56.4. The topological polar surface area (TPSA) is 78.9 Å². The SMILES string of the molecule is CCCCCCC/C=C\C/C=C\CCCCCCCCCCCC(=O)OCC(COC(=O)CCCCCCCCC/C=C\CCCCCCCCC)OC(=O)CCCCCCCCCCCCCCCCCCCCCCC. The standard InChI is InChI=1S/C72H134O6/c1-4-7-10-13-16-19-22-25-28-31-34-36-38-41-44-47-50-53-56-59-62-65-71(74)77-68-69(67-76-70(73)64-61-58-55-52-49-46-43-40-33-30-27-24-21-18-15-12-9-6-3)78-72(75)66-63-60-57-54-51-48-45-42-39-37-35-32-29-26-23-20-17-14-11-8-5-2/h22,25,30-31,33-34,69H,4-21,23-24,26-29,32,35-68H2,1-3H3/b25-22-,33-30-,34-31-. The largest absolute Gasteiger partial charge is 0.462 e. The first-order valence-corrected chi connectivity index (χ1v) is 35.0. The van der Waals surface area contributed by atoms with E-state index in [1.54, 1.807) is 0 Å². The number of carbonyl (C=O) groups excluding carboxylic acids is 3. The molecule has 0 aliphatic carbocycles. The molecule has 6 heteroatoms. The molecular formula is C72H134O6. The maximum atomic E-state index is 13.0. The zero-order valence-electron chi connectivity index (χ0n) is 52.7. The fourth-order valence-electron chi connectivity index (χ4n) is 10.6. The molecule has 0 spiro atoms. The van der Waals surface area contributed by atoms with E-state index in [4.69, 9.17) is 14.2 Å². The summed E-state index contributed by atoms with van der Waals surface area (Å²) in [4.78, 5) is 38.5. The van der Waals surface area contributed by atoms with Crippen molar-refractivity contribution in [3.05, 3.63) is 36.5 Å². The first-order chi connectivity index (χ1) is 38.5. The lowest BCUT2D eigenvalue weighted by molar-refractivity contribution is -0.167. The van der Waals surface area contributed by atoms with E-state index in [0.29, 0.717) is 19.3 Å². The van der Waals surface area contributed by atoms with Crippen molar-refractivity contribution in [2.24, 2.45) is 0 Å². The van der Waals surface area contributed by atoms with Gasteiger partial charge in [0.1, 0.15) is 13.2 Å². The number of ether oxygens (including phenoxy) is 3. The number of esters is 3. The molecule has 1 unspecified atom stereocenters. The third-order valence-electron chi connectivity index (χ3n) is 15.9. The fourth-order valence-corrected chi connectivity index (χ4v) is 10.6. The maximum Gasteiger partial charge on any atom is 0.306 e. The van der Waals surface area contributed by atoms with Crippen LogP contribution in [-0.4, -0.2) is 37.2 Å². The summed E-state index contributed by atoms with van der Waals surface area (Å²) in [6, 6.07) is 0. The van der Waals surface area contributed by atoms with Crippen LogP contribution in [-0.2, 0) is 28.6 Å². The second-order valence-electron chi connectivity index (χ2n) is 23.8. The number of allylic oxidation sites excluding steroid dienone is 6. The van der Waals surface area contributed by atoms with E-state index < -0.39 is 6.10 Å². The summed E-state index contributed by atoms with van der Waals surface area (Å²) < 4.78 is 17.0. The molecule has 0 bridgehead atoms. The summed E-state index contributed by atoms with van der Waals surface area (Å²) in [7, 11) is 0. The van der Waals surface area contributed by atoms with Crippen LogP contribution in [0.4, 0.5) is 0 Å². The highest BCUT2D eigenvalue weighted by Gasteiger charge is 2.19. The molecule has 0 rings (SSSR count). The molecule has 0 aliphatic rings. The third-order valence-corrected chi connectivity index (χ3v) is 15.9. The van der Waals surface area contributed by atoms with Gasteiger partial charge in [0.2, 0.25) is 0 Å². The van der Waals surface area contributed by atoms with Crippen molar-refractivity contribution in [3.63, 3.8) is 0 Å². The highest BCUT2D eigenvalue weighted by molar-refractivity contribution is 5.71. The number of rotatable bonds is 65. The summed E-state index contributed by atoms with van der Waals surface area (Å²) in [6.07, 6.45) is 83.0. The monoisotopic (exact) mass is 1100 g/mol. The Labute approximate surface area is 486 Å². The third kappa shape index (κ3) is 64.5. The van der Waals surface area contributed by atoms with E-state index in [9.17, 15) is 14.4 Å². The molecule has 78 heavy (non-hydrogen) atoms. The molecule has 0 aliphatic heterocycles. The van der Waals surface area contributed by atoms with Crippen molar-refractivity contribution in [1.82, 2.24) is 0 Å². The van der Waals surface area contributed by atoms with Crippen molar-refractivity contribution in [3.8, 4) is 0 Å². The van der Waals surface area contributed by atoms with Gasteiger partial charge < -0.3 is 14.2 Å². The van der Waals surface area contributed by atoms with Crippen LogP contribution in [0.25, 0.3) is 0 Å². The smallest absolute Gasteiger partial charge is 0.306 e. The minimum atomic E-state index is -0.775. The Morgan fingerprint density at radius 3 is 0.718 bits per heavy atom. The normalized spacial score (nSPS) is 12.2.